The van der Waals surface area contributed by atoms with Gasteiger partial charge in [0.25, 0.3) is 0 Å². The van der Waals surface area contributed by atoms with Crippen molar-refractivity contribution in [3.05, 3.63) is 0 Å². The van der Waals surface area contributed by atoms with Crippen molar-refractivity contribution >= 4 is 27.7 Å². The fourth-order valence-corrected chi connectivity index (χ4v) is 2.45. The first-order valence-electron chi connectivity index (χ1n) is 4.59. The number of hydrogen-bond acceptors (Lipinski definition) is 4. The summed E-state index contributed by atoms with van der Waals surface area (Å²) in [4.78, 5) is 4.32. The fraction of sp³-hybridized carbons (Fsp3) is 0.875. The van der Waals surface area contributed by atoms with Gasteiger partial charge in [-0.15, -0.1) is 0 Å². The largest absolute Gasteiger partial charge is 0.364 e. The standard InChI is InChI=1S/C8H16N2OS2/c1-2-13(11)7-5-10-8-9-4-3-6-12-8/h2-7H2,1H3,(H,9,10). The number of amidine groups is 1. The van der Waals surface area contributed by atoms with Crippen LogP contribution in [-0.2, 0) is 10.8 Å². The summed E-state index contributed by atoms with van der Waals surface area (Å²) in [5.41, 5.74) is 0. The number of aliphatic imine (C=N–C) groups is 1. The van der Waals surface area contributed by atoms with Crippen LogP contribution in [-0.4, -0.2) is 39.7 Å². The molecule has 0 bridgehead atoms. The van der Waals surface area contributed by atoms with Crippen LogP contribution < -0.4 is 5.32 Å². The number of rotatable bonds is 4. The van der Waals surface area contributed by atoms with Crippen molar-refractivity contribution in [2.45, 2.75) is 13.3 Å². The van der Waals surface area contributed by atoms with Crippen molar-refractivity contribution in [2.24, 2.45) is 4.99 Å². The van der Waals surface area contributed by atoms with Gasteiger partial charge >= 0.3 is 0 Å². The highest BCUT2D eigenvalue weighted by atomic mass is 32.2. The Bertz CT molecular complexity index is 206. The van der Waals surface area contributed by atoms with E-state index in [-0.39, 0.29) is 0 Å². The van der Waals surface area contributed by atoms with Crippen LogP contribution in [0.2, 0.25) is 0 Å². The van der Waals surface area contributed by atoms with E-state index in [2.05, 4.69) is 10.3 Å². The number of nitrogens with zero attached hydrogens (tertiary/aromatic N) is 1. The molecule has 1 rings (SSSR count). The molecule has 0 aliphatic carbocycles. The van der Waals surface area contributed by atoms with E-state index in [9.17, 15) is 4.21 Å². The molecule has 1 atom stereocenters. The van der Waals surface area contributed by atoms with Crippen LogP contribution >= 0.6 is 11.8 Å². The van der Waals surface area contributed by atoms with Crippen LogP contribution in [0, 0.1) is 0 Å². The van der Waals surface area contributed by atoms with Crippen LogP contribution in [0.15, 0.2) is 4.99 Å². The number of hydrogen-bond donors (Lipinski definition) is 1. The minimum absolute atomic E-state index is 0.658. The van der Waals surface area contributed by atoms with Crippen LogP contribution in [0.3, 0.4) is 0 Å². The number of nitrogens with one attached hydrogen (secondary N) is 1. The van der Waals surface area contributed by atoms with E-state index in [1.54, 1.807) is 11.8 Å². The zero-order valence-corrected chi connectivity index (χ0v) is 9.55. The molecule has 1 unspecified atom stereocenters. The predicted molar refractivity (Wildman–Crippen MR) is 60.9 cm³/mol. The summed E-state index contributed by atoms with van der Waals surface area (Å²) in [6.45, 7) is 3.67. The summed E-state index contributed by atoms with van der Waals surface area (Å²) in [6.07, 6.45) is 1.18. The minimum atomic E-state index is -0.658. The molecule has 1 aliphatic rings. The van der Waals surface area contributed by atoms with Gasteiger partial charge in [0, 0.05) is 41.1 Å². The Kier molecular flexibility index (Phi) is 5.46. The lowest BCUT2D eigenvalue weighted by Gasteiger charge is -2.12. The van der Waals surface area contributed by atoms with E-state index in [0.717, 1.165) is 35.5 Å². The average molecular weight is 220 g/mol. The third kappa shape index (κ3) is 4.67. The van der Waals surface area contributed by atoms with Crippen molar-refractivity contribution < 1.29 is 4.21 Å². The summed E-state index contributed by atoms with van der Waals surface area (Å²) in [5, 5.41) is 4.23. The van der Waals surface area contributed by atoms with Gasteiger partial charge in [0.15, 0.2) is 5.17 Å². The molecule has 1 N–H and O–H groups in total. The van der Waals surface area contributed by atoms with Crippen molar-refractivity contribution in [3.63, 3.8) is 0 Å². The molecule has 0 saturated carbocycles. The summed E-state index contributed by atoms with van der Waals surface area (Å²) < 4.78 is 11.1. The molecule has 0 spiro atoms. The maximum atomic E-state index is 11.1. The van der Waals surface area contributed by atoms with Gasteiger partial charge in [0.2, 0.25) is 0 Å². The Hall–Kier alpha value is -0.0300. The molecule has 13 heavy (non-hydrogen) atoms. The molecular weight excluding hydrogens is 204 g/mol. The minimum Gasteiger partial charge on any atom is -0.364 e. The highest BCUT2D eigenvalue weighted by Gasteiger charge is 2.04. The Balaban J connectivity index is 2.11. The van der Waals surface area contributed by atoms with Crippen molar-refractivity contribution in [2.75, 3.05) is 30.3 Å². The van der Waals surface area contributed by atoms with Crippen LogP contribution in [0.25, 0.3) is 0 Å². The molecule has 1 heterocycles. The molecule has 1 aliphatic heterocycles. The lowest BCUT2D eigenvalue weighted by atomic mass is 10.5. The molecule has 3 nitrogen and oxygen atoms in total. The molecule has 0 radical (unpaired) electrons. The molecule has 0 aromatic heterocycles. The van der Waals surface area contributed by atoms with Crippen LogP contribution in [0.1, 0.15) is 13.3 Å². The van der Waals surface area contributed by atoms with E-state index in [1.807, 2.05) is 6.92 Å². The second-order valence-electron chi connectivity index (χ2n) is 2.75. The zero-order valence-electron chi connectivity index (χ0n) is 7.91. The van der Waals surface area contributed by atoms with Crippen molar-refractivity contribution in [1.82, 2.24) is 5.32 Å². The molecule has 0 aromatic rings. The van der Waals surface area contributed by atoms with Gasteiger partial charge in [-0.05, 0) is 6.42 Å². The molecule has 0 saturated heterocycles. The van der Waals surface area contributed by atoms with Gasteiger partial charge in [-0.2, -0.15) is 0 Å². The molecule has 5 heteroatoms. The maximum absolute atomic E-state index is 11.1. The molecule has 76 valence electrons. The lowest BCUT2D eigenvalue weighted by Crippen LogP contribution is -2.27. The Morgan fingerprint density at radius 2 is 2.54 bits per heavy atom. The van der Waals surface area contributed by atoms with Gasteiger partial charge in [-0.3, -0.25) is 9.20 Å². The summed E-state index contributed by atoms with van der Waals surface area (Å²) in [7, 11) is -0.658. The SMILES string of the molecule is CCS(=O)CCNC1=NCCCS1. The molecule has 0 fully saturated rings. The van der Waals surface area contributed by atoms with Gasteiger partial charge in [-0.25, -0.2) is 0 Å². The van der Waals surface area contributed by atoms with Gasteiger partial charge in [0.1, 0.15) is 0 Å². The quantitative estimate of drug-likeness (QED) is 0.763. The van der Waals surface area contributed by atoms with E-state index >= 15 is 0 Å². The first-order chi connectivity index (χ1) is 6.33. The normalized spacial score (nSPS) is 19.3. The lowest BCUT2D eigenvalue weighted by molar-refractivity contribution is 0.682. The van der Waals surface area contributed by atoms with Gasteiger partial charge in [0.05, 0.1) is 0 Å². The van der Waals surface area contributed by atoms with Crippen molar-refractivity contribution in [3.8, 4) is 0 Å². The van der Waals surface area contributed by atoms with Gasteiger partial charge < -0.3 is 5.32 Å². The predicted octanol–water partition coefficient (Wildman–Crippen LogP) is 0.838. The summed E-state index contributed by atoms with van der Waals surface area (Å²) in [6, 6.07) is 0. The third-order valence-corrected chi connectivity index (χ3v) is 4.07. The van der Waals surface area contributed by atoms with E-state index in [0.29, 0.717) is 0 Å². The molecule has 0 amide bonds. The average Bonchev–Trinajstić information content (AvgIpc) is 2.19. The highest BCUT2D eigenvalue weighted by molar-refractivity contribution is 8.13. The highest BCUT2D eigenvalue weighted by Crippen LogP contribution is 2.09. The molecule has 0 aromatic carbocycles. The summed E-state index contributed by atoms with van der Waals surface area (Å²) >= 11 is 1.76. The fourth-order valence-electron chi connectivity index (χ4n) is 0.983. The maximum Gasteiger partial charge on any atom is 0.156 e. The van der Waals surface area contributed by atoms with Gasteiger partial charge in [-0.1, -0.05) is 18.7 Å². The van der Waals surface area contributed by atoms with Crippen molar-refractivity contribution in [1.29, 1.82) is 0 Å². The Labute approximate surface area is 86.2 Å². The summed E-state index contributed by atoms with van der Waals surface area (Å²) in [5.74, 6) is 2.64. The first kappa shape index (κ1) is 11.0. The van der Waals surface area contributed by atoms with E-state index in [1.165, 1.54) is 6.42 Å². The topological polar surface area (TPSA) is 41.5 Å². The smallest absolute Gasteiger partial charge is 0.156 e. The third-order valence-electron chi connectivity index (χ3n) is 1.72. The molecular formula is C8H16N2OS2. The van der Waals surface area contributed by atoms with Crippen LogP contribution in [0.4, 0.5) is 0 Å². The first-order valence-corrected chi connectivity index (χ1v) is 7.06. The monoisotopic (exact) mass is 220 g/mol. The Morgan fingerprint density at radius 1 is 1.69 bits per heavy atom. The second kappa shape index (κ2) is 6.43. The van der Waals surface area contributed by atoms with E-state index < -0.39 is 10.8 Å². The second-order valence-corrected chi connectivity index (χ2v) is 5.70. The van der Waals surface area contributed by atoms with Crippen LogP contribution in [0.5, 0.6) is 0 Å². The van der Waals surface area contributed by atoms with E-state index in [4.69, 9.17) is 0 Å². The zero-order chi connectivity index (χ0) is 9.52. The Morgan fingerprint density at radius 3 is 3.15 bits per heavy atom. The number of thioether (sulfide) groups is 1.